The van der Waals surface area contributed by atoms with E-state index in [0.717, 1.165) is 48.5 Å². The molecule has 6 nitrogen and oxygen atoms in total. The summed E-state index contributed by atoms with van der Waals surface area (Å²) in [6.07, 6.45) is 6.99. The highest BCUT2D eigenvalue weighted by Crippen LogP contribution is 2.60. The van der Waals surface area contributed by atoms with Gasteiger partial charge < -0.3 is 19.7 Å². The van der Waals surface area contributed by atoms with E-state index in [4.69, 9.17) is 9.47 Å². The first kappa shape index (κ1) is 18.9. The summed E-state index contributed by atoms with van der Waals surface area (Å²) in [5, 5.41) is 3.19. The lowest BCUT2D eigenvalue weighted by Crippen LogP contribution is -2.56. The van der Waals surface area contributed by atoms with E-state index in [0.29, 0.717) is 13.1 Å². The zero-order valence-electron chi connectivity index (χ0n) is 17.1. The van der Waals surface area contributed by atoms with Gasteiger partial charge in [0.05, 0.1) is 19.8 Å². The number of methoxy groups -OCH3 is 1. The molecule has 0 aromatic heterocycles. The van der Waals surface area contributed by atoms with Gasteiger partial charge in [0.15, 0.2) is 0 Å². The van der Waals surface area contributed by atoms with Crippen molar-refractivity contribution in [1.29, 1.82) is 0 Å². The van der Waals surface area contributed by atoms with Gasteiger partial charge in [0.2, 0.25) is 5.91 Å². The van der Waals surface area contributed by atoms with Gasteiger partial charge in [0, 0.05) is 17.6 Å². The van der Waals surface area contributed by atoms with Gasteiger partial charge in [-0.15, -0.1) is 0 Å². The lowest BCUT2D eigenvalue weighted by molar-refractivity contribution is -0.147. The van der Waals surface area contributed by atoms with E-state index in [1.54, 1.807) is 12.0 Å². The Morgan fingerprint density at radius 1 is 1.14 bits per heavy atom. The van der Waals surface area contributed by atoms with Crippen molar-refractivity contribution in [2.24, 2.45) is 23.2 Å². The molecule has 4 saturated carbocycles. The number of rotatable bonds is 5. The Hall–Kier alpha value is -2.08. The summed E-state index contributed by atoms with van der Waals surface area (Å²) >= 11 is 0. The summed E-state index contributed by atoms with van der Waals surface area (Å²) in [7, 11) is 1.62. The number of carbonyl (C=O) groups excluding carboxylic acids is 2. The molecule has 6 heteroatoms. The van der Waals surface area contributed by atoms with Crippen LogP contribution in [0.4, 0.5) is 5.69 Å². The zero-order chi connectivity index (χ0) is 20.0. The molecule has 1 aliphatic heterocycles. The molecule has 5 aliphatic rings. The standard InChI is InChI=1S/C23H30N2O4/c1-28-19-4-2-18(3-5-19)25-13-20(29-14-21(25)26)12-24-22(27)23-9-15-6-16(10-23)8-17(7-15)11-23/h2-5,15-17,20H,6-14H2,1H3,(H,24,27). The topological polar surface area (TPSA) is 67.9 Å². The van der Waals surface area contributed by atoms with E-state index in [-0.39, 0.29) is 29.9 Å². The number of ether oxygens (including phenoxy) is 2. The van der Waals surface area contributed by atoms with Crippen molar-refractivity contribution in [3.05, 3.63) is 24.3 Å². The minimum atomic E-state index is -0.187. The number of anilines is 1. The van der Waals surface area contributed by atoms with Crippen LogP contribution in [0.5, 0.6) is 5.75 Å². The summed E-state index contributed by atoms with van der Waals surface area (Å²) in [6.45, 7) is 0.955. The summed E-state index contributed by atoms with van der Waals surface area (Å²) in [6, 6.07) is 7.46. The van der Waals surface area contributed by atoms with Crippen LogP contribution >= 0.6 is 0 Å². The quantitative estimate of drug-likeness (QED) is 0.828. The molecule has 1 aromatic rings. The van der Waals surface area contributed by atoms with Gasteiger partial charge in [-0.05, 0) is 80.5 Å². The smallest absolute Gasteiger partial charge is 0.253 e. The molecule has 1 atom stereocenters. The van der Waals surface area contributed by atoms with Crippen LogP contribution in [0.3, 0.4) is 0 Å². The summed E-state index contributed by atoms with van der Waals surface area (Å²) < 4.78 is 10.9. The first-order valence-electron chi connectivity index (χ1n) is 10.9. The highest BCUT2D eigenvalue weighted by molar-refractivity contribution is 5.95. The van der Waals surface area contributed by atoms with Crippen LogP contribution in [-0.4, -0.2) is 44.7 Å². The van der Waals surface area contributed by atoms with Crippen LogP contribution in [0, 0.1) is 23.2 Å². The molecule has 6 rings (SSSR count). The molecule has 1 heterocycles. The number of amides is 2. The number of hydrogen-bond acceptors (Lipinski definition) is 4. The Morgan fingerprint density at radius 2 is 1.76 bits per heavy atom. The third kappa shape index (κ3) is 3.52. The summed E-state index contributed by atoms with van der Waals surface area (Å²) in [4.78, 5) is 27.2. The minimum Gasteiger partial charge on any atom is -0.497 e. The van der Waals surface area contributed by atoms with Crippen molar-refractivity contribution in [2.45, 2.75) is 44.6 Å². The average molecular weight is 399 g/mol. The first-order valence-corrected chi connectivity index (χ1v) is 10.9. The van der Waals surface area contributed by atoms with Crippen LogP contribution in [0.15, 0.2) is 24.3 Å². The summed E-state index contributed by atoms with van der Waals surface area (Å²) in [5.74, 6) is 3.17. The maximum absolute atomic E-state index is 13.2. The molecule has 29 heavy (non-hydrogen) atoms. The Labute approximate surface area is 171 Å². The molecule has 5 fully saturated rings. The van der Waals surface area contributed by atoms with Gasteiger partial charge in [-0.2, -0.15) is 0 Å². The van der Waals surface area contributed by atoms with Crippen LogP contribution in [0.1, 0.15) is 38.5 Å². The Kier molecular flexibility index (Phi) is 4.77. The fourth-order valence-electron chi connectivity index (χ4n) is 6.54. The van der Waals surface area contributed by atoms with Crippen LogP contribution in [0.2, 0.25) is 0 Å². The lowest BCUT2D eigenvalue weighted by atomic mass is 9.49. The second kappa shape index (κ2) is 7.31. The maximum atomic E-state index is 13.2. The van der Waals surface area contributed by atoms with Gasteiger partial charge in [-0.1, -0.05) is 0 Å². The number of nitrogens with zero attached hydrogens (tertiary/aromatic N) is 1. The lowest BCUT2D eigenvalue weighted by Gasteiger charge is -2.55. The fraction of sp³-hybridized carbons (Fsp3) is 0.652. The van der Waals surface area contributed by atoms with E-state index >= 15 is 0 Å². The third-order valence-corrected chi connectivity index (χ3v) is 7.52. The van der Waals surface area contributed by atoms with Crippen molar-refractivity contribution in [2.75, 3.05) is 31.7 Å². The van der Waals surface area contributed by atoms with Crippen LogP contribution in [0.25, 0.3) is 0 Å². The van der Waals surface area contributed by atoms with E-state index in [1.165, 1.54) is 19.3 Å². The third-order valence-electron chi connectivity index (χ3n) is 7.52. The minimum absolute atomic E-state index is 0.0456. The van der Waals surface area contributed by atoms with Gasteiger partial charge in [-0.3, -0.25) is 9.59 Å². The van der Waals surface area contributed by atoms with E-state index in [1.807, 2.05) is 24.3 Å². The number of carbonyl (C=O) groups is 2. The van der Waals surface area contributed by atoms with Crippen LogP contribution < -0.4 is 15.0 Å². The number of nitrogens with one attached hydrogen (secondary N) is 1. The first-order chi connectivity index (χ1) is 14.0. The molecule has 4 aliphatic carbocycles. The van der Waals surface area contributed by atoms with Crippen molar-refractivity contribution in [3.63, 3.8) is 0 Å². The van der Waals surface area contributed by atoms with E-state index in [2.05, 4.69) is 5.32 Å². The molecule has 0 radical (unpaired) electrons. The molecule has 1 saturated heterocycles. The summed E-state index contributed by atoms with van der Waals surface area (Å²) in [5.41, 5.74) is 0.686. The predicted molar refractivity (Wildman–Crippen MR) is 109 cm³/mol. The van der Waals surface area contributed by atoms with Crippen molar-refractivity contribution < 1.29 is 19.1 Å². The highest BCUT2D eigenvalue weighted by atomic mass is 16.5. The van der Waals surface area contributed by atoms with Gasteiger partial charge in [0.1, 0.15) is 12.4 Å². The Balaban J connectivity index is 1.21. The molecule has 1 aromatic carbocycles. The van der Waals surface area contributed by atoms with Gasteiger partial charge >= 0.3 is 0 Å². The zero-order valence-corrected chi connectivity index (χ0v) is 17.1. The van der Waals surface area contributed by atoms with Crippen molar-refractivity contribution in [1.82, 2.24) is 5.32 Å². The fourth-order valence-corrected chi connectivity index (χ4v) is 6.54. The van der Waals surface area contributed by atoms with Crippen LogP contribution in [-0.2, 0) is 14.3 Å². The molecule has 0 spiro atoms. The maximum Gasteiger partial charge on any atom is 0.253 e. The van der Waals surface area contributed by atoms with Crippen molar-refractivity contribution >= 4 is 17.5 Å². The number of hydrogen-bond donors (Lipinski definition) is 1. The van der Waals surface area contributed by atoms with Gasteiger partial charge in [0.25, 0.3) is 5.91 Å². The largest absolute Gasteiger partial charge is 0.497 e. The molecular weight excluding hydrogens is 368 g/mol. The Morgan fingerprint density at radius 3 is 2.34 bits per heavy atom. The molecule has 1 unspecified atom stereocenters. The second-order valence-corrected chi connectivity index (χ2v) is 9.54. The normalized spacial score (nSPS) is 35.6. The molecule has 2 amide bonds. The van der Waals surface area contributed by atoms with E-state index in [9.17, 15) is 9.59 Å². The Bertz CT molecular complexity index is 755. The monoisotopic (exact) mass is 398 g/mol. The predicted octanol–water partition coefficient (Wildman–Crippen LogP) is 2.76. The molecular formula is C23H30N2O4. The molecule has 1 N–H and O–H groups in total. The highest BCUT2D eigenvalue weighted by Gasteiger charge is 2.54. The number of benzene rings is 1. The van der Waals surface area contributed by atoms with Crippen molar-refractivity contribution in [3.8, 4) is 5.75 Å². The number of morpholine rings is 1. The van der Waals surface area contributed by atoms with Gasteiger partial charge in [-0.25, -0.2) is 0 Å². The molecule has 156 valence electrons. The average Bonchev–Trinajstić information content (AvgIpc) is 2.72. The molecule has 4 bridgehead atoms. The SMILES string of the molecule is COc1ccc(N2CC(CNC(=O)C34CC5CC(CC(C5)C3)C4)OCC2=O)cc1. The van der Waals surface area contributed by atoms with E-state index < -0.39 is 0 Å². The second-order valence-electron chi connectivity index (χ2n) is 9.54.